The summed E-state index contributed by atoms with van der Waals surface area (Å²) in [7, 11) is -0.336. The number of hydrogen-bond donors (Lipinski definition) is 0. The summed E-state index contributed by atoms with van der Waals surface area (Å²) in [6, 6.07) is 0. The SMILES string of the molecule is CCN1C(=O)[C@@]2(CC[C@H]3CN(S(=O)(=O)N(C)C)C[C@H]32)N=C1C. The molecule has 1 amide bonds. The highest BCUT2D eigenvalue weighted by Crippen LogP contribution is 2.50. The predicted octanol–water partition coefficient (Wildman–Crippen LogP) is 0.154. The van der Waals surface area contributed by atoms with E-state index in [1.54, 1.807) is 19.0 Å². The zero-order valence-corrected chi connectivity index (χ0v) is 14.4. The summed E-state index contributed by atoms with van der Waals surface area (Å²) in [5.74, 6) is 1.06. The number of fused-ring (bicyclic) bond motifs is 2. The maximum absolute atomic E-state index is 12.8. The molecule has 3 aliphatic rings. The summed E-state index contributed by atoms with van der Waals surface area (Å²) < 4.78 is 27.5. The van der Waals surface area contributed by atoms with Crippen LogP contribution in [0.4, 0.5) is 0 Å². The first-order chi connectivity index (χ1) is 10.2. The Bertz CT molecular complexity index is 630. The van der Waals surface area contributed by atoms with E-state index in [9.17, 15) is 13.2 Å². The van der Waals surface area contributed by atoms with Gasteiger partial charge in [-0.25, -0.2) is 0 Å². The van der Waals surface area contributed by atoms with Crippen LogP contribution >= 0.6 is 0 Å². The van der Waals surface area contributed by atoms with E-state index in [2.05, 4.69) is 0 Å². The Balaban J connectivity index is 1.90. The molecular formula is C14H24N4O3S. The molecule has 0 aromatic rings. The van der Waals surface area contributed by atoms with Crippen LogP contribution < -0.4 is 0 Å². The molecule has 3 rings (SSSR count). The molecule has 8 heteroatoms. The first-order valence-corrected chi connectivity index (χ1v) is 9.19. The fourth-order valence-corrected chi connectivity index (χ4v) is 5.42. The molecule has 3 atom stereocenters. The second-order valence-electron chi connectivity index (χ2n) is 6.65. The summed E-state index contributed by atoms with van der Waals surface area (Å²) in [5.41, 5.74) is -0.721. The number of aliphatic imine (C=N–C) groups is 1. The van der Waals surface area contributed by atoms with Crippen molar-refractivity contribution in [3.05, 3.63) is 0 Å². The van der Waals surface area contributed by atoms with Gasteiger partial charge in [0.05, 0.1) is 0 Å². The highest BCUT2D eigenvalue weighted by atomic mass is 32.2. The fraction of sp³-hybridized carbons (Fsp3) is 0.857. The number of amides is 1. The van der Waals surface area contributed by atoms with Crippen LogP contribution in [0.3, 0.4) is 0 Å². The number of carbonyl (C=O) groups is 1. The van der Waals surface area contributed by atoms with E-state index in [0.717, 1.165) is 18.7 Å². The summed E-state index contributed by atoms with van der Waals surface area (Å²) in [6.07, 6.45) is 1.61. The van der Waals surface area contributed by atoms with Gasteiger partial charge in [0.1, 0.15) is 11.4 Å². The van der Waals surface area contributed by atoms with Crippen molar-refractivity contribution in [3.63, 3.8) is 0 Å². The number of carbonyl (C=O) groups excluding carboxylic acids is 1. The average molecular weight is 328 g/mol. The van der Waals surface area contributed by atoms with Gasteiger partial charge in [-0.15, -0.1) is 0 Å². The molecule has 1 saturated carbocycles. The third kappa shape index (κ3) is 1.97. The molecule has 0 unspecified atom stereocenters. The van der Waals surface area contributed by atoms with Crippen LogP contribution in [0.2, 0.25) is 0 Å². The predicted molar refractivity (Wildman–Crippen MR) is 83.6 cm³/mol. The van der Waals surface area contributed by atoms with Crippen LogP contribution in [-0.2, 0) is 15.0 Å². The number of nitrogens with zero attached hydrogens (tertiary/aromatic N) is 4. The number of rotatable bonds is 3. The Hall–Kier alpha value is -0.990. The van der Waals surface area contributed by atoms with E-state index in [4.69, 9.17) is 4.99 Å². The van der Waals surface area contributed by atoms with E-state index < -0.39 is 15.7 Å². The number of amidine groups is 1. The van der Waals surface area contributed by atoms with Gasteiger partial charge in [0.15, 0.2) is 0 Å². The quantitative estimate of drug-likeness (QED) is 0.740. The zero-order chi connectivity index (χ0) is 16.3. The average Bonchev–Trinajstić information content (AvgIpc) is 3.06. The molecule has 124 valence electrons. The highest BCUT2D eigenvalue weighted by molar-refractivity contribution is 7.86. The molecule has 7 nitrogen and oxygen atoms in total. The minimum atomic E-state index is -3.42. The van der Waals surface area contributed by atoms with Gasteiger partial charge in [-0.05, 0) is 32.6 Å². The van der Waals surface area contributed by atoms with E-state index in [1.165, 1.54) is 8.61 Å². The standard InChI is InChI=1S/C14H24N4O3S/c1-5-18-10(2)15-14(13(18)19)7-6-11-8-17(9-12(11)14)22(20,21)16(3)4/h11-12H,5-9H2,1-4H3/t11-,12+,14-/m0/s1. The van der Waals surface area contributed by atoms with Gasteiger partial charge < -0.3 is 0 Å². The van der Waals surface area contributed by atoms with Gasteiger partial charge in [0.2, 0.25) is 0 Å². The fourth-order valence-electron chi connectivity index (χ4n) is 4.23. The lowest BCUT2D eigenvalue weighted by Crippen LogP contribution is -2.47. The summed E-state index contributed by atoms with van der Waals surface area (Å²) in [5, 5.41) is 0. The first-order valence-electron chi connectivity index (χ1n) is 7.80. The van der Waals surface area contributed by atoms with Crippen molar-refractivity contribution >= 4 is 22.0 Å². The van der Waals surface area contributed by atoms with Crippen LogP contribution in [-0.4, -0.2) is 72.9 Å². The number of likely N-dealkylation sites (N-methyl/N-ethyl adjacent to an activating group) is 1. The van der Waals surface area contributed by atoms with Crippen molar-refractivity contribution in [2.45, 2.75) is 32.2 Å². The van der Waals surface area contributed by atoms with Gasteiger partial charge in [0.25, 0.3) is 16.1 Å². The number of hydrogen-bond acceptors (Lipinski definition) is 4. The first kappa shape index (κ1) is 15.9. The van der Waals surface area contributed by atoms with Crippen molar-refractivity contribution < 1.29 is 13.2 Å². The van der Waals surface area contributed by atoms with Gasteiger partial charge in [-0.1, -0.05) is 0 Å². The molecular weight excluding hydrogens is 304 g/mol. The minimum Gasteiger partial charge on any atom is -0.299 e. The normalized spacial score (nSPS) is 35.8. The molecule has 0 bridgehead atoms. The molecule has 0 radical (unpaired) electrons. The summed E-state index contributed by atoms with van der Waals surface area (Å²) in [6.45, 7) is 5.33. The van der Waals surface area contributed by atoms with Crippen LogP contribution in [0.1, 0.15) is 26.7 Å². The summed E-state index contributed by atoms with van der Waals surface area (Å²) in [4.78, 5) is 19.3. The van der Waals surface area contributed by atoms with Gasteiger partial charge >= 0.3 is 0 Å². The van der Waals surface area contributed by atoms with Crippen LogP contribution in [0.25, 0.3) is 0 Å². The molecule has 0 N–H and O–H groups in total. The lowest BCUT2D eigenvalue weighted by atomic mass is 9.85. The zero-order valence-electron chi connectivity index (χ0n) is 13.6. The molecule has 0 aromatic carbocycles. The van der Waals surface area contributed by atoms with Crippen molar-refractivity contribution in [2.75, 3.05) is 33.7 Å². The Morgan fingerprint density at radius 2 is 2.05 bits per heavy atom. The van der Waals surface area contributed by atoms with Crippen molar-refractivity contribution in [1.29, 1.82) is 0 Å². The lowest BCUT2D eigenvalue weighted by Gasteiger charge is -2.28. The second-order valence-corrected chi connectivity index (χ2v) is 8.79. The highest BCUT2D eigenvalue weighted by Gasteiger charge is 2.61. The smallest absolute Gasteiger partial charge is 0.281 e. The van der Waals surface area contributed by atoms with Crippen LogP contribution in [0.5, 0.6) is 0 Å². The minimum absolute atomic E-state index is 0.00113. The molecule has 22 heavy (non-hydrogen) atoms. The lowest BCUT2D eigenvalue weighted by molar-refractivity contribution is -0.132. The molecule has 1 aliphatic carbocycles. The maximum Gasteiger partial charge on any atom is 0.281 e. The van der Waals surface area contributed by atoms with E-state index >= 15 is 0 Å². The third-order valence-electron chi connectivity index (χ3n) is 5.39. The third-order valence-corrected chi connectivity index (χ3v) is 7.26. The monoisotopic (exact) mass is 328 g/mol. The van der Waals surface area contributed by atoms with E-state index in [-0.39, 0.29) is 17.7 Å². The van der Waals surface area contributed by atoms with Gasteiger partial charge in [0, 0.05) is 39.6 Å². The summed E-state index contributed by atoms with van der Waals surface area (Å²) >= 11 is 0. The van der Waals surface area contributed by atoms with Gasteiger partial charge in [-0.3, -0.25) is 14.7 Å². The van der Waals surface area contributed by atoms with Crippen LogP contribution in [0, 0.1) is 11.8 Å². The molecule has 2 heterocycles. The molecule has 0 aromatic heterocycles. The molecule has 1 spiro atoms. The molecule has 1 saturated heterocycles. The second kappa shape index (κ2) is 5.01. The van der Waals surface area contributed by atoms with Crippen molar-refractivity contribution in [3.8, 4) is 0 Å². The Kier molecular flexibility index (Phi) is 3.61. The molecule has 2 aliphatic heterocycles. The maximum atomic E-state index is 12.8. The van der Waals surface area contributed by atoms with Crippen molar-refractivity contribution in [2.24, 2.45) is 16.8 Å². The largest absolute Gasteiger partial charge is 0.299 e. The van der Waals surface area contributed by atoms with Crippen molar-refractivity contribution in [1.82, 2.24) is 13.5 Å². The molecule has 2 fully saturated rings. The van der Waals surface area contributed by atoms with E-state index in [1.807, 2.05) is 13.8 Å². The topological polar surface area (TPSA) is 73.3 Å². The Morgan fingerprint density at radius 3 is 2.59 bits per heavy atom. The van der Waals surface area contributed by atoms with Gasteiger partial charge in [-0.2, -0.15) is 17.0 Å². The Labute approximate surface area is 132 Å². The van der Waals surface area contributed by atoms with E-state index in [0.29, 0.717) is 19.6 Å². The Morgan fingerprint density at radius 1 is 1.36 bits per heavy atom. The van der Waals surface area contributed by atoms with Crippen LogP contribution in [0.15, 0.2) is 4.99 Å².